The molecule has 4 nitrogen and oxygen atoms in total. The Hall–Kier alpha value is -1.55. The number of rotatable bonds is 3. The van der Waals surface area contributed by atoms with E-state index in [1.807, 2.05) is 13.0 Å². The van der Waals surface area contributed by atoms with E-state index in [0.717, 1.165) is 31.9 Å². The molecule has 1 aromatic carbocycles. The molecular weight excluding hydrogens is 226 g/mol. The van der Waals surface area contributed by atoms with Crippen LogP contribution in [0.4, 0.5) is 5.69 Å². The van der Waals surface area contributed by atoms with Crippen molar-refractivity contribution in [3.63, 3.8) is 0 Å². The van der Waals surface area contributed by atoms with E-state index in [4.69, 9.17) is 5.21 Å². The second kappa shape index (κ2) is 5.87. The summed E-state index contributed by atoms with van der Waals surface area (Å²) in [4.78, 5) is 4.75. The minimum absolute atomic E-state index is 0.216. The molecule has 18 heavy (non-hydrogen) atoms. The fourth-order valence-corrected chi connectivity index (χ4v) is 2.35. The lowest BCUT2D eigenvalue weighted by Crippen LogP contribution is -2.51. The number of hydrogen-bond donors (Lipinski definition) is 1. The fraction of sp³-hybridized carbons (Fsp3) is 0.500. The van der Waals surface area contributed by atoms with Crippen molar-refractivity contribution in [1.82, 2.24) is 4.90 Å². The van der Waals surface area contributed by atoms with Crippen molar-refractivity contribution in [2.24, 2.45) is 5.16 Å². The lowest BCUT2D eigenvalue weighted by atomic mass is 10.1. The first-order chi connectivity index (χ1) is 8.72. The van der Waals surface area contributed by atoms with E-state index in [2.05, 4.69) is 46.1 Å². The smallest absolute Gasteiger partial charge is 0.0708 e. The molecule has 2 rings (SSSR count). The van der Waals surface area contributed by atoms with Gasteiger partial charge in [0.15, 0.2) is 0 Å². The fourth-order valence-electron chi connectivity index (χ4n) is 2.35. The molecule has 0 spiro atoms. The van der Waals surface area contributed by atoms with Crippen LogP contribution in [-0.4, -0.2) is 48.0 Å². The number of para-hydroxylation sites is 1. The van der Waals surface area contributed by atoms with E-state index in [0.29, 0.717) is 0 Å². The van der Waals surface area contributed by atoms with Crippen molar-refractivity contribution in [1.29, 1.82) is 0 Å². The first-order valence-corrected chi connectivity index (χ1v) is 6.45. The van der Waals surface area contributed by atoms with E-state index in [1.165, 1.54) is 5.69 Å². The summed E-state index contributed by atoms with van der Waals surface area (Å²) in [6, 6.07) is 10.7. The third-order valence-corrected chi connectivity index (χ3v) is 3.75. The number of hydrogen-bond acceptors (Lipinski definition) is 4. The molecule has 1 aliphatic heterocycles. The summed E-state index contributed by atoms with van der Waals surface area (Å²) < 4.78 is 0. The van der Waals surface area contributed by atoms with Crippen LogP contribution in [0.3, 0.4) is 0 Å². The van der Waals surface area contributed by atoms with E-state index in [9.17, 15) is 0 Å². The maximum atomic E-state index is 8.82. The van der Waals surface area contributed by atoms with E-state index in [1.54, 1.807) is 0 Å². The van der Waals surface area contributed by atoms with Gasteiger partial charge in [-0.05, 0) is 26.0 Å². The summed E-state index contributed by atoms with van der Waals surface area (Å²) in [6.45, 7) is 8.01. The highest BCUT2D eigenvalue weighted by Crippen LogP contribution is 2.16. The molecule has 0 saturated carbocycles. The van der Waals surface area contributed by atoms with Crippen LogP contribution >= 0.6 is 0 Å². The quantitative estimate of drug-likeness (QED) is 0.505. The Bertz CT molecular complexity index is 397. The first kappa shape index (κ1) is 12.9. The number of piperazine rings is 1. The molecule has 1 heterocycles. The van der Waals surface area contributed by atoms with Gasteiger partial charge in [-0.3, -0.25) is 4.90 Å². The summed E-state index contributed by atoms with van der Waals surface area (Å²) >= 11 is 0. The normalized spacial score (nSPS) is 19.9. The van der Waals surface area contributed by atoms with Crippen LogP contribution in [0.25, 0.3) is 0 Å². The van der Waals surface area contributed by atoms with Crippen LogP contribution in [0.15, 0.2) is 35.5 Å². The highest BCUT2D eigenvalue weighted by molar-refractivity contribution is 5.86. The maximum absolute atomic E-state index is 8.82. The molecule has 1 saturated heterocycles. The maximum Gasteiger partial charge on any atom is 0.0708 e. The van der Waals surface area contributed by atoms with Crippen LogP contribution in [0.2, 0.25) is 0 Å². The van der Waals surface area contributed by atoms with Gasteiger partial charge in [0.2, 0.25) is 0 Å². The van der Waals surface area contributed by atoms with Crippen molar-refractivity contribution in [2.45, 2.75) is 19.9 Å². The molecule has 4 heteroatoms. The van der Waals surface area contributed by atoms with Gasteiger partial charge in [-0.1, -0.05) is 23.4 Å². The second-order valence-electron chi connectivity index (χ2n) is 4.78. The van der Waals surface area contributed by atoms with Crippen LogP contribution in [0.5, 0.6) is 0 Å². The average molecular weight is 247 g/mol. The summed E-state index contributed by atoms with van der Waals surface area (Å²) in [6.07, 6.45) is 0. The van der Waals surface area contributed by atoms with Crippen molar-refractivity contribution in [3.05, 3.63) is 30.3 Å². The van der Waals surface area contributed by atoms with Gasteiger partial charge in [-0.15, -0.1) is 0 Å². The van der Waals surface area contributed by atoms with Gasteiger partial charge >= 0.3 is 0 Å². The minimum atomic E-state index is 0.216. The van der Waals surface area contributed by atoms with Gasteiger partial charge in [0.05, 0.1) is 5.71 Å². The molecule has 1 N–H and O–H groups in total. The number of anilines is 1. The lowest BCUT2D eigenvalue weighted by Gasteiger charge is -2.38. The number of nitrogens with zero attached hydrogens (tertiary/aromatic N) is 3. The Labute approximate surface area is 109 Å². The molecule has 0 unspecified atom stereocenters. The zero-order valence-corrected chi connectivity index (χ0v) is 11.1. The van der Waals surface area contributed by atoms with Crippen molar-refractivity contribution in [3.8, 4) is 0 Å². The molecule has 0 amide bonds. The average Bonchev–Trinajstić information content (AvgIpc) is 2.47. The number of benzene rings is 1. The van der Waals surface area contributed by atoms with Crippen molar-refractivity contribution < 1.29 is 5.21 Å². The molecule has 0 aromatic heterocycles. The van der Waals surface area contributed by atoms with E-state index >= 15 is 0 Å². The molecule has 1 atom stereocenters. The van der Waals surface area contributed by atoms with Gasteiger partial charge in [0.25, 0.3) is 0 Å². The lowest BCUT2D eigenvalue weighted by molar-refractivity contribution is 0.231. The highest BCUT2D eigenvalue weighted by atomic mass is 16.4. The predicted octanol–water partition coefficient (Wildman–Crippen LogP) is 2.05. The van der Waals surface area contributed by atoms with Crippen molar-refractivity contribution in [2.75, 3.05) is 31.1 Å². The third kappa shape index (κ3) is 2.82. The Kier molecular flexibility index (Phi) is 4.20. The van der Waals surface area contributed by atoms with Crippen LogP contribution in [0.1, 0.15) is 13.8 Å². The zero-order valence-electron chi connectivity index (χ0n) is 11.1. The van der Waals surface area contributed by atoms with Gasteiger partial charge in [0, 0.05) is 37.9 Å². The van der Waals surface area contributed by atoms with Gasteiger partial charge < -0.3 is 10.1 Å². The molecule has 1 aromatic rings. The van der Waals surface area contributed by atoms with Crippen LogP contribution < -0.4 is 4.90 Å². The Morgan fingerprint density at radius 3 is 2.33 bits per heavy atom. The van der Waals surface area contributed by atoms with E-state index in [-0.39, 0.29) is 6.04 Å². The standard InChI is InChI=1S/C14H21N3O/c1-12(15-18)13(2)16-8-10-17(11-9-16)14-6-4-3-5-7-14/h3-7,13,18H,8-11H2,1-2H3/b15-12-/t13-/m1/s1. The van der Waals surface area contributed by atoms with Crippen LogP contribution in [0, 0.1) is 0 Å². The van der Waals surface area contributed by atoms with Gasteiger partial charge in [-0.25, -0.2) is 0 Å². The summed E-state index contributed by atoms with van der Waals surface area (Å²) in [5, 5.41) is 12.1. The molecule has 0 aliphatic carbocycles. The van der Waals surface area contributed by atoms with Gasteiger partial charge in [0.1, 0.15) is 0 Å². The second-order valence-corrected chi connectivity index (χ2v) is 4.78. The SMILES string of the molecule is C/C(=N/O)[C@@H](C)N1CCN(c2ccccc2)CC1. The Balaban J connectivity index is 1.92. The summed E-state index contributed by atoms with van der Waals surface area (Å²) in [5.41, 5.74) is 2.07. The summed E-state index contributed by atoms with van der Waals surface area (Å²) in [5.74, 6) is 0. The zero-order chi connectivity index (χ0) is 13.0. The van der Waals surface area contributed by atoms with Crippen molar-refractivity contribution >= 4 is 11.4 Å². The molecular formula is C14H21N3O. The molecule has 0 bridgehead atoms. The predicted molar refractivity (Wildman–Crippen MR) is 74.6 cm³/mol. The molecule has 1 fully saturated rings. The first-order valence-electron chi connectivity index (χ1n) is 6.45. The molecule has 0 radical (unpaired) electrons. The monoisotopic (exact) mass is 247 g/mol. The highest BCUT2D eigenvalue weighted by Gasteiger charge is 2.22. The summed E-state index contributed by atoms with van der Waals surface area (Å²) in [7, 11) is 0. The van der Waals surface area contributed by atoms with E-state index < -0.39 is 0 Å². The molecule has 98 valence electrons. The van der Waals surface area contributed by atoms with Gasteiger partial charge in [-0.2, -0.15) is 0 Å². The van der Waals surface area contributed by atoms with Crippen LogP contribution in [-0.2, 0) is 0 Å². The third-order valence-electron chi connectivity index (χ3n) is 3.75. The largest absolute Gasteiger partial charge is 0.411 e. The Morgan fingerprint density at radius 1 is 1.17 bits per heavy atom. The Morgan fingerprint density at radius 2 is 1.78 bits per heavy atom. The molecule has 1 aliphatic rings. The minimum Gasteiger partial charge on any atom is -0.411 e. The number of oxime groups is 1. The topological polar surface area (TPSA) is 39.1 Å².